The fraction of sp³-hybridized carbons (Fsp3) is 0.167. The molecule has 0 aliphatic rings. The fourth-order valence-electron chi connectivity index (χ4n) is 1.43. The second-order valence-corrected chi connectivity index (χ2v) is 4.23. The zero-order chi connectivity index (χ0) is 14.8. The summed E-state index contributed by atoms with van der Waals surface area (Å²) in [4.78, 5) is 6.71. The predicted octanol–water partition coefficient (Wildman–Crippen LogP) is 3.31. The molecule has 1 aromatic carbocycles. The number of anilines is 1. The number of halogens is 4. The molecule has 0 radical (unpaired) electrons. The van der Waals surface area contributed by atoms with Gasteiger partial charge in [0.05, 0.1) is 0 Å². The van der Waals surface area contributed by atoms with Crippen molar-refractivity contribution in [3.63, 3.8) is 0 Å². The van der Waals surface area contributed by atoms with Crippen molar-refractivity contribution in [3.05, 3.63) is 46.6 Å². The highest BCUT2D eigenvalue weighted by molar-refractivity contribution is 6.31. The van der Waals surface area contributed by atoms with Gasteiger partial charge in [0.15, 0.2) is 5.69 Å². The number of hydrogen-bond donors (Lipinski definition) is 1. The van der Waals surface area contributed by atoms with E-state index in [1.54, 1.807) is 24.3 Å². The molecule has 106 valence electrons. The highest BCUT2D eigenvalue weighted by Gasteiger charge is 2.33. The van der Waals surface area contributed by atoms with Crippen LogP contribution in [0.15, 0.2) is 30.3 Å². The molecule has 2 aromatic rings. The quantitative estimate of drug-likeness (QED) is 0.945. The van der Waals surface area contributed by atoms with Crippen molar-refractivity contribution in [3.8, 4) is 5.88 Å². The van der Waals surface area contributed by atoms with E-state index < -0.39 is 17.8 Å². The van der Waals surface area contributed by atoms with Gasteiger partial charge < -0.3 is 10.5 Å². The van der Waals surface area contributed by atoms with E-state index in [2.05, 4.69) is 9.97 Å². The molecule has 0 spiro atoms. The summed E-state index contributed by atoms with van der Waals surface area (Å²) in [6.07, 6.45) is -4.61. The Hall–Kier alpha value is -2.02. The Balaban J connectivity index is 2.18. The van der Waals surface area contributed by atoms with Crippen LogP contribution in [-0.2, 0) is 12.8 Å². The first-order chi connectivity index (χ1) is 9.36. The molecular weight excluding hydrogens is 295 g/mol. The summed E-state index contributed by atoms with van der Waals surface area (Å²) in [6.45, 7) is -0.0204. The molecule has 0 atom stereocenters. The van der Waals surface area contributed by atoms with Crippen LogP contribution in [0.4, 0.5) is 19.1 Å². The van der Waals surface area contributed by atoms with E-state index in [1.807, 2.05) is 0 Å². The van der Waals surface area contributed by atoms with Crippen molar-refractivity contribution in [1.29, 1.82) is 0 Å². The summed E-state index contributed by atoms with van der Waals surface area (Å²) in [5.41, 5.74) is 4.70. The van der Waals surface area contributed by atoms with Gasteiger partial charge in [-0.25, -0.2) is 4.98 Å². The molecule has 0 unspecified atom stereocenters. The molecule has 20 heavy (non-hydrogen) atoms. The third-order valence-corrected chi connectivity index (χ3v) is 2.71. The molecule has 1 heterocycles. The maximum atomic E-state index is 12.6. The Kier molecular flexibility index (Phi) is 3.99. The molecule has 8 heteroatoms. The predicted molar refractivity (Wildman–Crippen MR) is 67.2 cm³/mol. The fourth-order valence-corrected chi connectivity index (χ4v) is 1.62. The lowest BCUT2D eigenvalue weighted by Gasteiger charge is -2.10. The standard InChI is InChI=1S/C12H9ClF3N3O/c13-8-4-2-1-3-7(8)6-20-10-5-9(12(14,15)16)18-11(17)19-10/h1-5H,6H2,(H2,17,18,19). The van der Waals surface area contributed by atoms with Crippen molar-refractivity contribution >= 4 is 17.5 Å². The molecule has 0 bridgehead atoms. The Labute approximate surface area is 117 Å². The Morgan fingerprint density at radius 2 is 1.90 bits per heavy atom. The van der Waals surface area contributed by atoms with Crippen molar-refractivity contribution in [1.82, 2.24) is 9.97 Å². The van der Waals surface area contributed by atoms with Crippen molar-refractivity contribution in [2.45, 2.75) is 12.8 Å². The minimum absolute atomic E-state index is 0.0204. The highest BCUT2D eigenvalue weighted by Crippen LogP contribution is 2.30. The van der Waals surface area contributed by atoms with Gasteiger partial charge >= 0.3 is 6.18 Å². The van der Waals surface area contributed by atoms with Crippen LogP contribution in [0.1, 0.15) is 11.3 Å². The van der Waals surface area contributed by atoms with Crippen LogP contribution in [0.3, 0.4) is 0 Å². The Morgan fingerprint density at radius 3 is 2.55 bits per heavy atom. The first-order valence-electron chi connectivity index (χ1n) is 5.44. The average molecular weight is 304 g/mol. The molecule has 2 rings (SSSR count). The third kappa shape index (κ3) is 3.51. The maximum Gasteiger partial charge on any atom is 0.433 e. The van der Waals surface area contributed by atoms with Crippen LogP contribution >= 0.6 is 11.6 Å². The highest BCUT2D eigenvalue weighted by atomic mass is 35.5. The van der Waals surface area contributed by atoms with Crippen molar-refractivity contribution in [2.24, 2.45) is 0 Å². The maximum absolute atomic E-state index is 12.6. The molecule has 0 amide bonds. The number of aromatic nitrogens is 2. The number of nitrogen functional groups attached to an aromatic ring is 1. The Bertz CT molecular complexity index is 619. The van der Waals surface area contributed by atoms with E-state index in [1.165, 1.54) is 0 Å². The monoisotopic (exact) mass is 303 g/mol. The summed E-state index contributed by atoms with van der Waals surface area (Å²) in [5, 5.41) is 0.450. The van der Waals surface area contributed by atoms with Gasteiger partial charge in [-0.05, 0) is 6.07 Å². The van der Waals surface area contributed by atoms with E-state index in [9.17, 15) is 13.2 Å². The number of ether oxygens (including phenoxy) is 1. The van der Waals surface area contributed by atoms with Crippen LogP contribution in [-0.4, -0.2) is 9.97 Å². The Morgan fingerprint density at radius 1 is 1.20 bits per heavy atom. The van der Waals surface area contributed by atoms with Crippen molar-refractivity contribution in [2.75, 3.05) is 5.73 Å². The van der Waals surface area contributed by atoms with Crippen LogP contribution < -0.4 is 10.5 Å². The minimum atomic E-state index is -4.61. The van der Waals surface area contributed by atoms with E-state index in [4.69, 9.17) is 22.1 Å². The van der Waals surface area contributed by atoms with Crippen molar-refractivity contribution < 1.29 is 17.9 Å². The first kappa shape index (κ1) is 14.4. The summed E-state index contributed by atoms with van der Waals surface area (Å²) < 4.78 is 42.8. The van der Waals surface area contributed by atoms with Gasteiger partial charge in [0.25, 0.3) is 0 Å². The number of nitrogens with zero attached hydrogens (tertiary/aromatic N) is 2. The number of hydrogen-bond acceptors (Lipinski definition) is 4. The summed E-state index contributed by atoms with van der Waals surface area (Å²) >= 11 is 5.91. The first-order valence-corrected chi connectivity index (χ1v) is 5.82. The van der Waals surface area contributed by atoms with Gasteiger partial charge in [0.1, 0.15) is 6.61 Å². The topological polar surface area (TPSA) is 61.0 Å². The largest absolute Gasteiger partial charge is 0.473 e. The number of benzene rings is 1. The molecular formula is C12H9ClF3N3O. The number of nitrogens with two attached hydrogens (primary N) is 1. The second-order valence-electron chi connectivity index (χ2n) is 3.83. The second kappa shape index (κ2) is 5.54. The zero-order valence-corrected chi connectivity index (χ0v) is 10.7. The zero-order valence-electron chi connectivity index (χ0n) is 9.99. The molecule has 0 aliphatic carbocycles. The normalized spacial score (nSPS) is 11.4. The molecule has 2 N–H and O–H groups in total. The summed E-state index contributed by atoms with van der Waals surface area (Å²) in [5.74, 6) is -0.765. The molecule has 4 nitrogen and oxygen atoms in total. The van der Waals surface area contributed by atoms with Crippen LogP contribution in [0.25, 0.3) is 0 Å². The third-order valence-electron chi connectivity index (χ3n) is 2.34. The minimum Gasteiger partial charge on any atom is -0.473 e. The van der Waals surface area contributed by atoms with E-state index in [0.29, 0.717) is 16.7 Å². The van der Waals surface area contributed by atoms with E-state index >= 15 is 0 Å². The molecule has 0 fully saturated rings. The van der Waals surface area contributed by atoms with Gasteiger partial charge in [0, 0.05) is 16.7 Å². The number of alkyl halides is 3. The average Bonchev–Trinajstić information content (AvgIpc) is 2.36. The smallest absolute Gasteiger partial charge is 0.433 e. The lowest BCUT2D eigenvalue weighted by Crippen LogP contribution is -2.11. The molecule has 0 saturated heterocycles. The van der Waals surface area contributed by atoms with E-state index in [-0.39, 0.29) is 12.5 Å². The summed E-state index contributed by atoms with van der Waals surface area (Å²) in [7, 11) is 0. The van der Waals surface area contributed by atoms with Crippen LogP contribution in [0.5, 0.6) is 5.88 Å². The van der Waals surface area contributed by atoms with Gasteiger partial charge in [-0.3, -0.25) is 0 Å². The van der Waals surface area contributed by atoms with E-state index in [0.717, 1.165) is 0 Å². The lowest BCUT2D eigenvalue weighted by molar-refractivity contribution is -0.141. The number of rotatable bonds is 3. The molecule has 0 aliphatic heterocycles. The van der Waals surface area contributed by atoms with Crippen LogP contribution in [0, 0.1) is 0 Å². The summed E-state index contributed by atoms with van der Waals surface area (Å²) in [6, 6.07) is 7.50. The van der Waals surface area contributed by atoms with Crippen LogP contribution in [0.2, 0.25) is 5.02 Å². The molecule has 0 saturated carbocycles. The lowest BCUT2D eigenvalue weighted by atomic mass is 10.2. The van der Waals surface area contributed by atoms with Gasteiger partial charge in [-0.15, -0.1) is 0 Å². The van der Waals surface area contributed by atoms with Gasteiger partial charge in [-0.1, -0.05) is 29.8 Å². The van der Waals surface area contributed by atoms with Gasteiger partial charge in [-0.2, -0.15) is 18.2 Å². The molecule has 1 aromatic heterocycles. The SMILES string of the molecule is Nc1nc(OCc2ccccc2Cl)cc(C(F)(F)F)n1. The van der Waals surface area contributed by atoms with Gasteiger partial charge in [0.2, 0.25) is 11.8 Å².